The lowest BCUT2D eigenvalue weighted by Gasteiger charge is -2.21. The number of rotatable bonds is 6. The number of carbonyl (C=O) groups excluding carboxylic acids is 1. The van der Waals surface area contributed by atoms with Crippen molar-refractivity contribution in [2.45, 2.75) is 38.3 Å². The first kappa shape index (κ1) is 23.9. The molecule has 34 heavy (non-hydrogen) atoms. The quantitative estimate of drug-likeness (QED) is 0.389. The van der Waals surface area contributed by atoms with Gasteiger partial charge in [0.1, 0.15) is 0 Å². The molecule has 0 saturated carbocycles. The first-order valence-corrected chi connectivity index (χ1v) is 11.4. The van der Waals surface area contributed by atoms with Crippen molar-refractivity contribution >= 4 is 11.7 Å². The Morgan fingerprint density at radius 1 is 1.03 bits per heavy atom. The normalized spacial score (nSPS) is 16.1. The van der Waals surface area contributed by atoms with Crippen molar-refractivity contribution < 1.29 is 22.7 Å². The molecule has 0 bridgehead atoms. The summed E-state index contributed by atoms with van der Waals surface area (Å²) in [4.78, 5) is 12.7. The van der Waals surface area contributed by atoms with E-state index in [2.05, 4.69) is 11.4 Å². The molecule has 1 aliphatic heterocycles. The Labute approximate surface area is 198 Å². The summed E-state index contributed by atoms with van der Waals surface area (Å²) in [6.45, 7) is 4.81. The molecule has 1 heterocycles. The van der Waals surface area contributed by atoms with Crippen LogP contribution in [0.25, 0.3) is 11.1 Å². The number of hydrogen-bond donors (Lipinski definition) is 1. The van der Waals surface area contributed by atoms with E-state index in [-0.39, 0.29) is 17.8 Å². The lowest BCUT2D eigenvalue weighted by molar-refractivity contribution is -0.143. The number of carbonyl (C=O) groups is 1. The Balaban J connectivity index is 1.83. The summed E-state index contributed by atoms with van der Waals surface area (Å²) in [5.74, 6) is -0.435. The summed E-state index contributed by atoms with van der Waals surface area (Å²) < 4.78 is 44.4. The van der Waals surface area contributed by atoms with Gasteiger partial charge in [-0.15, -0.1) is 0 Å². The number of anilines is 1. The second-order valence-corrected chi connectivity index (χ2v) is 9.19. The van der Waals surface area contributed by atoms with Gasteiger partial charge in [-0.3, -0.25) is 4.79 Å². The number of esters is 1. The first-order valence-electron chi connectivity index (χ1n) is 11.4. The van der Waals surface area contributed by atoms with Gasteiger partial charge in [0.2, 0.25) is 0 Å². The van der Waals surface area contributed by atoms with E-state index in [0.717, 1.165) is 40.1 Å². The third kappa shape index (κ3) is 4.96. The number of halogens is 3. The van der Waals surface area contributed by atoms with E-state index in [4.69, 9.17) is 4.74 Å². The summed E-state index contributed by atoms with van der Waals surface area (Å²) in [5.41, 5.74) is 4.83. The minimum atomic E-state index is -4.39. The molecule has 178 valence electrons. The summed E-state index contributed by atoms with van der Waals surface area (Å²) in [6, 6.07) is 19.2. The van der Waals surface area contributed by atoms with Crippen molar-refractivity contribution in [3.05, 3.63) is 89.0 Å². The maximum atomic E-state index is 13.1. The number of nitrogens with one attached hydrogen (secondary N) is 1. The van der Waals surface area contributed by atoms with Gasteiger partial charge in [0.05, 0.1) is 18.6 Å². The van der Waals surface area contributed by atoms with E-state index in [0.29, 0.717) is 18.5 Å². The molecular formula is C28H28F3NO2. The van der Waals surface area contributed by atoms with E-state index in [1.807, 2.05) is 50.2 Å². The van der Waals surface area contributed by atoms with Gasteiger partial charge in [0.15, 0.2) is 0 Å². The number of para-hydroxylation sites is 1. The Kier molecular flexibility index (Phi) is 6.69. The molecule has 3 nitrogen and oxygen atoms in total. The molecule has 1 aliphatic rings. The molecule has 0 spiro atoms. The fourth-order valence-electron chi connectivity index (χ4n) is 4.66. The van der Waals surface area contributed by atoms with Crippen molar-refractivity contribution in [1.29, 1.82) is 0 Å². The van der Waals surface area contributed by atoms with Crippen LogP contribution in [-0.4, -0.2) is 19.6 Å². The molecule has 0 amide bonds. The van der Waals surface area contributed by atoms with Crippen LogP contribution in [0, 0.1) is 5.92 Å². The molecule has 2 unspecified atom stereocenters. The number of methoxy groups -OCH3 is 1. The van der Waals surface area contributed by atoms with Crippen LogP contribution in [0.1, 0.15) is 54.4 Å². The molecule has 0 aliphatic carbocycles. The van der Waals surface area contributed by atoms with Gasteiger partial charge in [-0.2, -0.15) is 13.2 Å². The molecule has 4 rings (SSSR count). The molecule has 0 radical (unpaired) electrons. The van der Waals surface area contributed by atoms with Gasteiger partial charge in [-0.25, -0.2) is 0 Å². The van der Waals surface area contributed by atoms with Crippen molar-refractivity contribution in [2.24, 2.45) is 5.92 Å². The van der Waals surface area contributed by atoms with E-state index in [9.17, 15) is 18.0 Å². The molecule has 1 N–H and O–H groups in total. The Morgan fingerprint density at radius 3 is 2.38 bits per heavy atom. The highest BCUT2D eigenvalue weighted by molar-refractivity contribution is 5.79. The number of ether oxygens (including phenoxy) is 1. The molecule has 2 atom stereocenters. The molecule has 3 aromatic rings. The van der Waals surface area contributed by atoms with Crippen LogP contribution in [0.5, 0.6) is 0 Å². The number of alkyl halides is 3. The van der Waals surface area contributed by atoms with Gasteiger partial charge in [0.25, 0.3) is 0 Å². The number of fused-ring (bicyclic) bond motifs is 1. The molecule has 6 heteroatoms. The minimum Gasteiger partial charge on any atom is -0.469 e. The van der Waals surface area contributed by atoms with Crippen LogP contribution < -0.4 is 5.32 Å². The summed E-state index contributed by atoms with van der Waals surface area (Å²) in [5, 5.41) is 3.43. The molecule has 0 saturated heterocycles. The zero-order valence-electron chi connectivity index (χ0n) is 19.4. The van der Waals surface area contributed by atoms with Crippen LogP contribution in [0.15, 0.2) is 66.7 Å². The maximum Gasteiger partial charge on any atom is 0.416 e. The largest absolute Gasteiger partial charge is 0.469 e. The molecule has 0 fully saturated rings. The third-order valence-electron chi connectivity index (χ3n) is 6.35. The van der Waals surface area contributed by atoms with Crippen molar-refractivity contribution in [3.8, 4) is 11.1 Å². The van der Waals surface area contributed by atoms with E-state index < -0.39 is 17.7 Å². The molecular weight excluding hydrogens is 439 g/mol. The maximum absolute atomic E-state index is 13.1. The predicted octanol–water partition coefficient (Wildman–Crippen LogP) is 7.23. The molecule has 3 aromatic carbocycles. The SMILES string of the molecule is COC(=O)C(CC(C)C)c1cc(-c2ccc(C(F)(F)F)cc2)cc(C2CNc3ccccc32)c1. The van der Waals surface area contributed by atoms with Crippen LogP contribution in [0.3, 0.4) is 0 Å². The smallest absolute Gasteiger partial charge is 0.416 e. The minimum absolute atomic E-state index is 0.0710. The topological polar surface area (TPSA) is 38.3 Å². The lowest BCUT2D eigenvalue weighted by atomic mass is 9.84. The van der Waals surface area contributed by atoms with Crippen molar-refractivity contribution in [1.82, 2.24) is 0 Å². The second-order valence-electron chi connectivity index (χ2n) is 9.19. The fourth-order valence-corrected chi connectivity index (χ4v) is 4.66. The zero-order valence-corrected chi connectivity index (χ0v) is 19.4. The average molecular weight is 468 g/mol. The van der Waals surface area contributed by atoms with E-state index in [1.165, 1.54) is 19.2 Å². The van der Waals surface area contributed by atoms with Crippen molar-refractivity contribution in [2.75, 3.05) is 19.0 Å². The Morgan fingerprint density at radius 2 is 1.74 bits per heavy atom. The van der Waals surface area contributed by atoms with E-state index >= 15 is 0 Å². The number of benzene rings is 3. The summed E-state index contributed by atoms with van der Waals surface area (Å²) in [7, 11) is 1.38. The van der Waals surface area contributed by atoms with Crippen LogP contribution in [-0.2, 0) is 15.7 Å². The highest BCUT2D eigenvalue weighted by atomic mass is 19.4. The van der Waals surface area contributed by atoms with Gasteiger partial charge in [0, 0.05) is 18.2 Å². The first-order chi connectivity index (χ1) is 16.2. The van der Waals surface area contributed by atoms with Crippen LogP contribution >= 0.6 is 0 Å². The third-order valence-corrected chi connectivity index (χ3v) is 6.35. The lowest BCUT2D eigenvalue weighted by Crippen LogP contribution is -2.17. The summed E-state index contributed by atoms with van der Waals surface area (Å²) >= 11 is 0. The van der Waals surface area contributed by atoms with Gasteiger partial charge in [-0.1, -0.05) is 62.4 Å². The summed E-state index contributed by atoms with van der Waals surface area (Å²) in [6.07, 6.45) is -3.78. The molecule has 0 aromatic heterocycles. The Bertz CT molecular complexity index is 1170. The standard InChI is InChI=1S/C28H28F3NO2/c1-17(2)12-24(27(33)34-3)20-13-19(18-8-10-22(11-9-18)28(29,30)31)14-21(15-20)25-16-32-26-7-5-4-6-23(25)26/h4-11,13-15,17,24-25,32H,12,16H2,1-3H3. The highest BCUT2D eigenvalue weighted by Gasteiger charge is 2.31. The van der Waals surface area contributed by atoms with Crippen molar-refractivity contribution in [3.63, 3.8) is 0 Å². The highest BCUT2D eigenvalue weighted by Crippen LogP contribution is 2.40. The van der Waals surface area contributed by atoms with Gasteiger partial charge in [-0.05, 0) is 58.4 Å². The number of hydrogen-bond acceptors (Lipinski definition) is 3. The second kappa shape index (κ2) is 9.53. The Hall–Kier alpha value is -3.28. The van der Waals surface area contributed by atoms with E-state index in [1.54, 1.807) is 0 Å². The van der Waals surface area contributed by atoms with Crippen LogP contribution in [0.2, 0.25) is 0 Å². The van der Waals surface area contributed by atoms with Gasteiger partial charge < -0.3 is 10.1 Å². The fraction of sp³-hybridized carbons (Fsp3) is 0.321. The zero-order chi connectivity index (χ0) is 24.5. The predicted molar refractivity (Wildman–Crippen MR) is 128 cm³/mol. The van der Waals surface area contributed by atoms with Gasteiger partial charge >= 0.3 is 12.1 Å². The average Bonchev–Trinajstić information content (AvgIpc) is 3.25. The van der Waals surface area contributed by atoms with Crippen LogP contribution in [0.4, 0.5) is 18.9 Å². The monoisotopic (exact) mass is 467 g/mol.